The van der Waals surface area contributed by atoms with Crippen molar-refractivity contribution >= 4 is 11.6 Å². The van der Waals surface area contributed by atoms with Gasteiger partial charge in [-0.15, -0.1) is 0 Å². The molecule has 3 heteroatoms. The van der Waals surface area contributed by atoms with Crippen LogP contribution in [-0.4, -0.2) is 18.5 Å². The van der Waals surface area contributed by atoms with Gasteiger partial charge >= 0.3 is 0 Å². The standard InChI is InChI=1S/C23H30N2O/c1-17-11-12-18(2)21(15-17)25-22(26)19(3)24-16-23(13-7-8-14-23)20-9-5-4-6-10-20/h4-6,9-12,15,19,24H,7-8,13-14,16H2,1-3H3,(H,25,26). The number of amides is 1. The highest BCUT2D eigenvalue weighted by atomic mass is 16.2. The summed E-state index contributed by atoms with van der Waals surface area (Å²) >= 11 is 0. The van der Waals surface area contributed by atoms with Crippen LogP contribution in [0, 0.1) is 13.8 Å². The molecule has 1 unspecified atom stereocenters. The zero-order chi connectivity index (χ0) is 18.6. The van der Waals surface area contributed by atoms with Crippen LogP contribution in [0.2, 0.25) is 0 Å². The Hall–Kier alpha value is -2.13. The lowest BCUT2D eigenvalue weighted by Crippen LogP contribution is -2.45. The maximum Gasteiger partial charge on any atom is 0.241 e. The molecular formula is C23H30N2O. The van der Waals surface area contributed by atoms with E-state index in [0.717, 1.165) is 23.4 Å². The quantitative estimate of drug-likeness (QED) is 0.790. The average molecular weight is 351 g/mol. The van der Waals surface area contributed by atoms with E-state index in [1.165, 1.54) is 31.2 Å². The summed E-state index contributed by atoms with van der Waals surface area (Å²) in [5, 5.41) is 6.58. The molecule has 138 valence electrons. The number of rotatable bonds is 6. The van der Waals surface area contributed by atoms with Crippen molar-refractivity contribution in [2.75, 3.05) is 11.9 Å². The third-order valence-corrected chi connectivity index (χ3v) is 5.74. The summed E-state index contributed by atoms with van der Waals surface area (Å²) in [6.07, 6.45) is 4.91. The van der Waals surface area contributed by atoms with Gasteiger partial charge in [0.05, 0.1) is 6.04 Å². The normalized spacial score (nSPS) is 17.0. The number of benzene rings is 2. The molecule has 1 aliphatic rings. The van der Waals surface area contributed by atoms with Crippen LogP contribution in [0.5, 0.6) is 0 Å². The number of nitrogens with one attached hydrogen (secondary N) is 2. The first-order valence-electron chi connectivity index (χ1n) is 9.67. The molecule has 1 atom stereocenters. The second-order valence-corrected chi connectivity index (χ2v) is 7.76. The monoisotopic (exact) mass is 350 g/mol. The zero-order valence-corrected chi connectivity index (χ0v) is 16.1. The van der Waals surface area contributed by atoms with Gasteiger partial charge in [-0.05, 0) is 56.4 Å². The van der Waals surface area contributed by atoms with Crippen molar-refractivity contribution in [3.63, 3.8) is 0 Å². The smallest absolute Gasteiger partial charge is 0.241 e. The van der Waals surface area contributed by atoms with Crippen molar-refractivity contribution in [1.82, 2.24) is 5.32 Å². The molecule has 0 heterocycles. The fraction of sp³-hybridized carbons (Fsp3) is 0.435. The van der Waals surface area contributed by atoms with E-state index in [0.29, 0.717) is 0 Å². The Kier molecular flexibility index (Phi) is 5.77. The zero-order valence-electron chi connectivity index (χ0n) is 16.1. The minimum absolute atomic E-state index is 0.0277. The molecule has 26 heavy (non-hydrogen) atoms. The molecular weight excluding hydrogens is 320 g/mol. The van der Waals surface area contributed by atoms with Gasteiger partial charge in [0.15, 0.2) is 0 Å². The lowest BCUT2D eigenvalue weighted by molar-refractivity contribution is -0.117. The van der Waals surface area contributed by atoms with E-state index in [1.54, 1.807) is 0 Å². The van der Waals surface area contributed by atoms with Crippen molar-refractivity contribution in [2.24, 2.45) is 0 Å². The van der Waals surface area contributed by atoms with E-state index >= 15 is 0 Å². The molecule has 1 fully saturated rings. The molecule has 2 N–H and O–H groups in total. The Balaban J connectivity index is 1.64. The molecule has 2 aromatic carbocycles. The van der Waals surface area contributed by atoms with Gasteiger partial charge in [0, 0.05) is 17.6 Å². The fourth-order valence-electron chi connectivity index (χ4n) is 3.96. The number of anilines is 1. The molecule has 3 nitrogen and oxygen atoms in total. The van der Waals surface area contributed by atoms with Gasteiger partial charge in [-0.25, -0.2) is 0 Å². The van der Waals surface area contributed by atoms with E-state index in [9.17, 15) is 4.79 Å². The summed E-state index contributed by atoms with van der Waals surface area (Å²) in [7, 11) is 0. The van der Waals surface area contributed by atoms with Crippen LogP contribution < -0.4 is 10.6 Å². The van der Waals surface area contributed by atoms with Gasteiger partial charge in [-0.2, -0.15) is 0 Å². The molecule has 0 aliphatic heterocycles. The van der Waals surface area contributed by atoms with Gasteiger partial charge in [0.25, 0.3) is 0 Å². The molecule has 0 aromatic heterocycles. The Labute approximate surface area is 157 Å². The van der Waals surface area contributed by atoms with Crippen LogP contribution in [0.15, 0.2) is 48.5 Å². The van der Waals surface area contributed by atoms with E-state index in [4.69, 9.17) is 0 Å². The van der Waals surface area contributed by atoms with Crippen molar-refractivity contribution in [3.8, 4) is 0 Å². The fourth-order valence-corrected chi connectivity index (χ4v) is 3.96. The van der Waals surface area contributed by atoms with Crippen LogP contribution in [-0.2, 0) is 10.2 Å². The SMILES string of the molecule is Cc1ccc(C)c(NC(=O)C(C)NCC2(c3ccccc3)CCCC2)c1. The van der Waals surface area contributed by atoms with Crippen LogP contribution >= 0.6 is 0 Å². The topological polar surface area (TPSA) is 41.1 Å². The van der Waals surface area contributed by atoms with Crippen LogP contribution in [0.4, 0.5) is 5.69 Å². The Morgan fingerprint density at radius 3 is 2.46 bits per heavy atom. The lowest BCUT2D eigenvalue weighted by atomic mass is 9.78. The predicted octanol–water partition coefficient (Wildman–Crippen LogP) is 4.73. The number of aryl methyl sites for hydroxylation is 2. The molecule has 3 rings (SSSR count). The second-order valence-electron chi connectivity index (χ2n) is 7.76. The third-order valence-electron chi connectivity index (χ3n) is 5.74. The highest BCUT2D eigenvalue weighted by Crippen LogP contribution is 2.40. The first kappa shape index (κ1) is 18.7. The van der Waals surface area contributed by atoms with Crippen molar-refractivity contribution < 1.29 is 4.79 Å². The summed E-state index contributed by atoms with van der Waals surface area (Å²) in [5.74, 6) is 0.0277. The Morgan fingerprint density at radius 1 is 1.08 bits per heavy atom. The van der Waals surface area contributed by atoms with Gasteiger partial charge in [0.1, 0.15) is 0 Å². The van der Waals surface area contributed by atoms with Gasteiger partial charge in [0.2, 0.25) is 5.91 Å². The first-order chi connectivity index (χ1) is 12.5. The van der Waals surface area contributed by atoms with Gasteiger partial charge in [-0.1, -0.05) is 55.3 Å². The van der Waals surface area contributed by atoms with Gasteiger partial charge in [-0.3, -0.25) is 4.79 Å². The highest BCUT2D eigenvalue weighted by molar-refractivity contribution is 5.95. The average Bonchev–Trinajstić information content (AvgIpc) is 3.13. The van der Waals surface area contributed by atoms with Crippen molar-refractivity contribution in [2.45, 2.75) is 57.9 Å². The molecule has 1 aliphatic carbocycles. The molecule has 0 bridgehead atoms. The Bertz CT molecular complexity index is 748. The van der Waals surface area contributed by atoms with Gasteiger partial charge < -0.3 is 10.6 Å². The maximum absolute atomic E-state index is 12.6. The van der Waals surface area contributed by atoms with E-state index < -0.39 is 0 Å². The van der Waals surface area contributed by atoms with E-state index in [-0.39, 0.29) is 17.4 Å². The minimum Gasteiger partial charge on any atom is -0.324 e. The summed E-state index contributed by atoms with van der Waals surface area (Å²) in [6.45, 7) is 6.86. The molecule has 1 amide bonds. The summed E-state index contributed by atoms with van der Waals surface area (Å²) in [5.41, 5.74) is 4.71. The summed E-state index contributed by atoms with van der Waals surface area (Å²) in [4.78, 5) is 12.6. The number of hydrogen-bond acceptors (Lipinski definition) is 2. The lowest BCUT2D eigenvalue weighted by Gasteiger charge is -2.31. The number of carbonyl (C=O) groups excluding carboxylic acids is 1. The molecule has 0 spiro atoms. The second kappa shape index (κ2) is 8.05. The third kappa shape index (κ3) is 4.16. The molecule has 1 saturated carbocycles. The van der Waals surface area contributed by atoms with Crippen LogP contribution in [0.1, 0.15) is 49.3 Å². The largest absolute Gasteiger partial charge is 0.324 e. The van der Waals surface area contributed by atoms with Crippen LogP contribution in [0.25, 0.3) is 0 Å². The van der Waals surface area contributed by atoms with Crippen molar-refractivity contribution in [1.29, 1.82) is 0 Å². The number of hydrogen-bond donors (Lipinski definition) is 2. The van der Waals surface area contributed by atoms with Crippen LogP contribution in [0.3, 0.4) is 0 Å². The Morgan fingerprint density at radius 2 is 1.77 bits per heavy atom. The predicted molar refractivity (Wildman–Crippen MR) is 109 cm³/mol. The molecule has 0 saturated heterocycles. The maximum atomic E-state index is 12.6. The summed E-state index contributed by atoms with van der Waals surface area (Å²) < 4.78 is 0. The number of carbonyl (C=O) groups is 1. The first-order valence-corrected chi connectivity index (χ1v) is 9.67. The molecule has 2 aromatic rings. The van der Waals surface area contributed by atoms with Crippen molar-refractivity contribution in [3.05, 3.63) is 65.2 Å². The summed E-state index contributed by atoms with van der Waals surface area (Å²) in [6, 6.07) is 16.7. The van der Waals surface area contributed by atoms with E-state index in [1.807, 2.05) is 32.9 Å². The van der Waals surface area contributed by atoms with E-state index in [2.05, 4.69) is 47.0 Å². The molecule has 0 radical (unpaired) electrons. The highest BCUT2D eigenvalue weighted by Gasteiger charge is 2.35. The minimum atomic E-state index is -0.226.